The quantitative estimate of drug-likeness (QED) is 0.452. The van der Waals surface area contributed by atoms with Gasteiger partial charge < -0.3 is 14.8 Å². The molecule has 0 aliphatic carbocycles. The van der Waals surface area contributed by atoms with Crippen LogP contribution >= 0.6 is 11.8 Å². The third-order valence-electron chi connectivity index (χ3n) is 4.22. The van der Waals surface area contributed by atoms with Crippen molar-refractivity contribution in [3.63, 3.8) is 0 Å². The van der Waals surface area contributed by atoms with Crippen molar-refractivity contribution in [2.75, 3.05) is 26.3 Å². The number of esters is 1. The van der Waals surface area contributed by atoms with Crippen LogP contribution in [0.2, 0.25) is 0 Å². The van der Waals surface area contributed by atoms with Crippen molar-refractivity contribution in [2.24, 2.45) is 0 Å². The van der Waals surface area contributed by atoms with Crippen molar-refractivity contribution >= 4 is 40.9 Å². The van der Waals surface area contributed by atoms with E-state index in [9.17, 15) is 19.2 Å². The number of rotatable bonds is 9. The summed E-state index contributed by atoms with van der Waals surface area (Å²) in [4.78, 5) is 53.4. The van der Waals surface area contributed by atoms with E-state index in [1.807, 2.05) is 13.0 Å². The molecule has 1 aliphatic heterocycles. The fourth-order valence-electron chi connectivity index (χ4n) is 2.70. The van der Waals surface area contributed by atoms with Crippen LogP contribution in [0.4, 0.5) is 4.79 Å². The Hall–Kier alpha value is -3.66. The second-order valence-corrected chi connectivity index (χ2v) is 7.73. The van der Waals surface area contributed by atoms with Gasteiger partial charge in [-0.05, 0) is 54.1 Å². The lowest BCUT2D eigenvalue weighted by Gasteiger charge is -2.13. The van der Waals surface area contributed by atoms with Gasteiger partial charge in [0.05, 0.1) is 4.91 Å². The normalized spacial score (nSPS) is 14.5. The molecule has 3 amide bonds. The van der Waals surface area contributed by atoms with Crippen LogP contribution in [0.5, 0.6) is 5.75 Å². The number of aryl methyl sites for hydroxylation is 1. The summed E-state index contributed by atoms with van der Waals surface area (Å²) in [5.74, 6) is -1.14. The molecule has 3 rings (SSSR count). The van der Waals surface area contributed by atoms with Crippen LogP contribution in [0.15, 0.2) is 53.7 Å². The highest BCUT2D eigenvalue weighted by Crippen LogP contribution is 2.31. The van der Waals surface area contributed by atoms with Crippen LogP contribution in [0, 0.1) is 6.92 Å². The van der Waals surface area contributed by atoms with E-state index in [4.69, 9.17) is 9.47 Å². The number of carbonyl (C=O) groups is 4. The average Bonchev–Trinajstić information content (AvgIpc) is 3.04. The summed E-state index contributed by atoms with van der Waals surface area (Å²) in [6.45, 7) is 1.13. The summed E-state index contributed by atoms with van der Waals surface area (Å²) < 4.78 is 10.2. The Kier molecular flexibility index (Phi) is 7.98. The predicted octanol–water partition coefficient (Wildman–Crippen LogP) is 2.16. The second kappa shape index (κ2) is 11.1. The third-order valence-corrected chi connectivity index (χ3v) is 5.13. The number of ether oxygens (including phenoxy) is 2. The molecule has 32 heavy (non-hydrogen) atoms. The first-order valence-corrected chi connectivity index (χ1v) is 10.5. The topological polar surface area (TPSA) is 115 Å². The molecule has 0 radical (unpaired) electrons. The monoisotopic (exact) mass is 455 g/mol. The van der Waals surface area contributed by atoms with E-state index < -0.39 is 29.6 Å². The number of benzene rings is 1. The maximum atomic E-state index is 12.4. The number of aromatic nitrogens is 1. The minimum absolute atomic E-state index is 0.00516. The minimum Gasteiger partial charge on any atom is -0.482 e. The van der Waals surface area contributed by atoms with Gasteiger partial charge >= 0.3 is 5.97 Å². The Morgan fingerprint density at radius 1 is 1.19 bits per heavy atom. The fraction of sp³-hybridized carbons (Fsp3) is 0.227. The lowest BCUT2D eigenvalue weighted by molar-refractivity contribution is -0.150. The Morgan fingerprint density at radius 2 is 2.03 bits per heavy atom. The van der Waals surface area contributed by atoms with E-state index in [1.165, 1.54) is 0 Å². The molecule has 0 unspecified atom stereocenters. The van der Waals surface area contributed by atoms with Crippen LogP contribution in [-0.4, -0.2) is 59.2 Å². The predicted molar refractivity (Wildman–Crippen MR) is 118 cm³/mol. The maximum Gasteiger partial charge on any atom is 0.344 e. The third kappa shape index (κ3) is 6.67. The van der Waals surface area contributed by atoms with Gasteiger partial charge in [-0.25, -0.2) is 4.79 Å². The molecule has 10 heteroatoms. The molecular weight excluding hydrogens is 434 g/mol. The SMILES string of the molecule is Cc1cccc(OCC(=O)OCC(=O)NCCN2C(=O)S/C(=C\c3cccnc3)C2=O)c1. The molecule has 1 aromatic carbocycles. The van der Waals surface area contributed by atoms with Gasteiger partial charge in [0.15, 0.2) is 13.2 Å². The summed E-state index contributed by atoms with van der Waals surface area (Å²) in [6.07, 6.45) is 4.79. The molecule has 2 heterocycles. The fourth-order valence-corrected chi connectivity index (χ4v) is 3.56. The van der Waals surface area contributed by atoms with Crippen LogP contribution in [-0.2, 0) is 19.1 Å². The van der Waals surface area contributed by atoms with Crippen molar-refractivity contribution < 1.29 is 28.7 Å². The average molecular weight is 455 g/mol. The van der Waals surface area contributed by atoms with Gasteiger partial charge in [0, 0.05) is 25.5 Å². The zero-order valence-corrected chi connectivity index (χ0v) is 18.1. The van der Waals surface area contributed by atoms with Crippen molar-refractivity contribution in [3.8, 4) is 5.75 Å². The molecular formula is C22H21N3O6S. The highest BCUT2D eigenvalue weighted by atomic mass is 32.2. The standard InChI is InChI=1S/C22H21N3O6S/c1-15-4-2-6-17(10-15)30-14-20(27)31-13-19(26)24-8-9-25-21(28)18(32-22(25)29)11-16-5-3-7-23-12-16/h2-7,10-12H,8-9,13-14H2,1H3,(H,24,26)/b18-11-. The van der Waals surface area contributed by atoms with E-state index in [1.54, 1.807) is 48.8 Å². The van der Waals surface area contributed by atoms with E-state index >= 15 is 0 Å². The number of imide groups is 1. The number of hydrogen-bond acceptors (Lipinski definition) is 8. The Balaban J connectivity index is 1.37. The van der Waals surface area contributed by atoms with Crippen LogP contribution in [0.25, 0.3) is 6.08 Å². The highest BCUT2D eigenvalue weighted by Gasteiger charge is 2.34. The second-order valence-electron chi connectivity index (χ2n) is 6.74. The van der Waals surface area contributed by atoms with Crippen molar-refractivity contribution in [1.82, 2.24) is 15.2 Å². The molecule has 0 spiro atoms. The number of nitrogens with zero attached hydrogens (tertiary/aromatic N) is 2. The van der Waals surface area contributed by atoms with E-state index in [0.717, 1.165) is 22.2 Å². The van der Waals surface area contributed by atoms with Crippen LogP contribution in [0.3, 0.4) is 0 Å². The number of amides is 3. The Labute approximate surface area is 188 Å². The first-order valence-electron chi connectivity index (χ1n) is 9.69. The van der Waals surface area contributed by atoms with Crippen molar-refractivity contribution in [1.29, 1.82) is 0 Å². The minimum atomic E-state index is -0.687. The molecule has 0 bridgehead atoms. The van der Waals surface area contributed by atoms with Gasteiger partial charge in [-0.1, -0.05) is 18.2 Å². The first kappa shape index (κ1) is 23.0. The summed E-state index contributed by atoms with van der Waals surface area (Å²) in [7, 11) is 0. The van der Waals surface area contributed by atoms with E-state index in [2.05, 4.69) is 10.3 Å². The van der Waals surface area contributed by atoms with Crippen LogP contribution < -0.4 is 10.1 Å². The highest BCUT2D eigenvalue weighted by molar-refractivity contribution is 8.18. The number of pyridine rings is 1. The Bertz CT molecular complexity index is 1040. The van der Waals surface area contributed by atoms with Gasteiger partial charge in [-0.3, -0.25) is 24.3 Å². The van der Waals surface area contributed by atoms with Gasteiger partial charge in [0.1, 0.15) is 5.75 Å². The zero-order valence-electron chi connectivity index (χ0n) is 17.3. The molecule has 9 nitrogen and oxygen atoms in total. The van der Waals surface area contributed by atoms with Gasteiger partial charge in [0.2, 0.25) is 0 Å². The van der Waals surface area contributed by atoms with Crippen molar-refractivity contribution in [2.45, 2.75) is 6.92 Å². The number of thioether (sulfide) groups is 1. The Morgan fingerprint density at radius 3 is 2.78 bits per heavy atom. The van der Waals surface area contributed by atoms with Crippen molar-refractivity contribution in [3.05, 3.63) is 64.8 Å². The number of carbonyl (C=O) groups excluding carboxylic acids is 4. The maximum absolute atomic E-state index is 12.4. The molecule has 1 saturated heterocycles. The summed E-state index contributed by atoms with van der Waals surface area (Å²) in [5.41, 5.74) is 1.70. The molecule has 1 aromatic heterocycles. The summed E-state index contributed by atoms with van der Waals surface area (Å²) in [5, 5.41) is 2.09. The summed E-state index contributed by atoms with van der Waals surface area (Å²) >= 11 is 0.829. The lowest BCUT2D eigenvalue weighted by atomic mass is 10.2. The molecule has 1 fully saturated rings. The molecule has 1 aliphatic rings. The number of hydrogen-bond donors (Lipinski definition) is 1. The van der Waals surface area contributed by atoms with Gasteiger partial charge in [0.25, 0.3) is 17.1 Å². The largest absolute Gasteiger partial charge is 0.482 e. The molecule has 0 saturated carbocycles. The van der Waals surface area contributed by atoms with Gasteiger partial charge in [-0.15, -0.1) is 0 Å². The van der Waals surface area contributed by atoms with Crippen LogP contribution in [0.1, 0.15) is 11.1 Å². The molecule has 2 aromatic rings. The van der Waals surface area contributed by atoms with E-state index in [0.29, 0.717) is 11.3 Å². The molecule has 1 N–H and O–H groups in total. The smallest absolute Gasteiger partial charge is 0.344 e. The first-order chi connectivity index (χ1) is 15.4. The lowest BCUT2D eigenvalue weighted by Crippen LogP contribution is -2.38. The van der Waals surface area contributed by atoms with Gasteiger partial charge in [-0.2, -0.15) is 0 Å². The number of nitrogens with one attached hydrogen (secondary N) is 1. The summed E-state index contributed by atoms with van der Waals surface area (Å²) in [6, 6.07) is 10.7. The van der Waals surface area contributed by atoms with E-state index in [-0.39, 0.29) is 24.6 Å². The zero-order chi connectivity index (χ0) is 22.9. The molecule has 0 atom stereocenters. The molecule has 166 valence electrons.